The highest BCUT2D eigenvalue weighted by molar-refractivity contribution is 6.80. The fourth-order valence-electron chi connectivity index (χ4n) is 2.31. The van der Waals surface area contributed by atoms with Gasteiger partial charge in [0, 0.05) is 5.56 Å². The van der Waals surface area contributed by atoms with Crippen LogP contribution in [0.2, 0.25) is 0 Å². The van der Waals surface area contributed by atoms with Crippen LogP contribution in [0.15, 0.2) is 48.5 Å². The van der Waals surface area contributed by atoms with E-state index < -0.39 is 23.1 Å². The molecular weight excluding hydrogens is 308 g/mol. The molecule has 0 aliphatic carbocycles. The third kappa shape index (κ3) is 2.58. The smallest absolute Gasteiger partial charge is 0.396 e. The number of halogens is 1. The average Bonchev–Trinajstić information content (AvgIpc) is 2.83. The van der Waals surface area contributed by atoms with Crippen LogP contribution in [0, 0.1) is 0 Å². The molecule has 1 aliphatic heterocycles. The first-order valence-electron chi connectivity index (χ1n) is 6.38. The molecule has 3 rings (SSSR count). The normalized spacial score (nSPS) is 15.9. The Morgan fingerprint density at radius 1 is 1.09 bits per heavy atom. The molecule has 0 saturated carbocycles. The van der Waals surface area contributed by atoms with Gasteiger partial charge in [-0.25, -0.2) is 4.79 Å². The van der Waals surface area contributed by atoms with E-state index in [4.69, 9.17) is 21.1 Å². The summed E-state index contributed by atoms with van der Waals surface area (Å²) in [6.45, 7) is 0. The quantitative estimate of drug-likeness (QED) is 0.376. The molecule has 110 valence electrons. The monoisotopic (exact) mass is 316 g/mol. The molecule has 0 radical (unpaired) electrons. The minimum absolute atomic E-state index is 0.122. The molecule has 1 aliphatic rings. The molecule has 1 heterocycles. The van der Waals surface area contributed by atoms with Crippen molar-refractivity contribution < 1.29 is 23.9 Å². The van der Waals surface area contributed by atoms with Gasteiger partial charge < -0.3 is 9.47 Å². The Morgan fingerprint density at radius 2 is 1.82 bits per heavy atom. The Hall–Kier alpha value is -2.66. The van der Waals surface area contributed by atoms with Crippen LogP contribution in [0.25, 0.3) is 0 Å². The highest BCUT2D eigenvalue weighted by atomic mass is 35.5. The van der Waals surface area contributed by atoms with E-state index in [0.29, 0.717) is 11.3 Å². The lowest BCUT2D eigenvalue weighted by Crippen LogP contribution is -2.15. The summed E-state index contributed by atoms with van der Waals surface area (Å²) in [6.07, 6.45) is 0. The van der Waals surface area contributed by atoms with Crippen LogP contribution in [-0.2, 0) is 14.4 Å². The number of hydrogen-bond acceptors (Lipinski definition) is 5. The molecule has 6 heteroatoms. The summed E-state index contributed by atoms with van der Waals surface area (Å²) in [5, 5.41) is -1.22. The minimum Gasteiger partial charge on any atom is -0.425 e. The van der Waals surface area contributed by atoms with Crippen molar-refractivity contribution in [1.29, 1.82) is 0 Å². The van der Waals surface area contributed by atoms with Gasteiger partial charge in [0.15, 0.2) is 0 Å². The number of hydrogen-bond donors (Lipinski definition) is 0. The fraction of sp³-hybridized carbons (Fsp3) is 0.0625. The molecule has 0 saturated heterocycles. The van der Waals surface area contributed by atoms with Crippen molar-refractivity contribution in [3.05, 3.63) is 59.7 Å². The van der Waals surface area contributed by atoms with E-state index in [9.17, 15) is 14.4 Å². The molecular formula is C16H9ClO5. The molecule has 2 aromatic rings. The molecule has 5 nitrogen and oxygen atoms in total. The van der Waals surface area contributed by atoms with Gasteiger partial charge in [-0.3, -0.25) is 9.59 Å². The summed E-state index contributed by atoms with van der Waals surface area (Å²) >= 11 is 5.05. The molecule has 0 aromatic heterocycles. The first kappa shape index (κ1) is 14.3. The van der Waals surface area contributed by atoms with Crippen LogP contribution < -0.4 is 9.47 Å². The number of carbonyl (C=O) groups excluding carboxylic acids is 3. The van der Waals surface area contributed by atoms with Crippen LogP contribution >= 0.6 is 11.6 Å². The molecule has 0 N–H and O–H groups in total. The minimum atomic E-state index is -1.22. The maximum Gasteiger partial charge on any atom is 0.396 e. The molecule has 2 aromatic carbocycles. The summed E-state index contributed by atoms with van der Waals surface area (Å²) in [4.78, 5) is 34.0. The number of esters is 2. The van der Waals surface area contributed by atoms with Gasteiger partial charge in [0.05, 0.1) is 0 Å². The Kier molecular flexibility index (Phi) is 3.65. The number of benzene rings is 2. The maximum absolute atomic E-state index is 12.1. The van der Waals surface area contributed by atoms with E-state index >= 15 is 0 Å². The third-order valence-electron chi connectivity index (χ3n) is 3.24. The summed E-state index contributed by atoms with van der Waals surface area (Å²) in [5.41, 5.74) is 1.34. The second-order valence-electron chi connectivity index (χ2n) is 4.63. The van der Waals surface area contributed by atoms with Gasteiger partial charge in [0.2, 0.25) is 0 Å². The molecule has 0 fully saturated rings. The topological polar surface area (TPSA) is 69.7 Å². The molecule has 22 heavy (non-hydrogen) atoms. The number of rotatable bonds is 3. The highest BCUT2D eigenvalue weighted by Gasteiger charge is 2.35. The molecule has 1 unspecified atom stereocenters. The van der Waals surface area contributed by atoms with E-state index in [-0.39, 0.29) is 5.75 Å². The predicted octanol–water partition coefficient (Wildman–Crippen LogP) is 2.41. The van der Waals surface area contributed by atoms with Crippen molar-refractivity contribution in [2.45, 2.75) is 5.92 Å². The lowest BCUT2D eigenvalue weighted by Gasteiger charge is -2.08. The van der Waals surface area contributed by atoms with Crippen LogP contribution in [-0.4, -0.2) is 17.2 Å². The Morgan fingerprint density at radius 3 is 2.50 bits per heavy atom. The first-order valence-corrected chi connectivity index (χ1v) is 6.76. The van der Waals surface area contributed by atoms with Gasteiger partial charge in [-0.05, 0) is 35.4 Å². The standard InChI is InChI=1S/C16H9ClO5/c17-14(18)16(20)21-10-6-7-12-11(8-10)13(15(19)22-12)9-4-2-1-3-5-9/h1-8,13H. The van der Waals surface area contributed by atoms with Crippen molar-refractivity contribution in [1.82, 2.24) is 0 Å². The second-order valence-corrected chi connectivity index (χ2v) is 4.97. The largest absolute Gasteiger partial charge is 0.425 e. The highest BCUT2D eigenvalue weighted by Crippen LogP contribution is 2.40. The lowest BCUT2D eigenvalue weighted by atomic mass is 9.92. The molecule has 1 atom stereocenters. The van der Waals surface area contributed by atoms with E-state index in [0.717, 1.165) is 5.56 Å². The van der Waals surface area contributed by atoms with Crippen LogP contribution in [0.1, 0.15) is 17.0 Å². The molecule has 0 bridgehead atoms. The fourth-order valence-corrected chi connectivity index (χ4v) is 2.35. The van der Waals surface area contributed by atoms with Gasteiger partial charge in [0.25, 0.3) is 0 Å². The molecule has 0 spiro atoms. The van der Waals surface area contributed by atoms with Gasteiger partial charge in [-0.1, -0.05) is 30.3 Å². The average molecular weight is 317 g/mol. The maximum atomic E-state index is 12.1. The zero-order chi connectivity index (χ0) is 15.7. The number of carbonyl (C=O) groups is 3. The van der Waals surface area contributed by atoms with Gasteiger partial charge in [-0.2, -0.15) is 0 Å². The Bertz CT molecular complexity index is 769. The summed E-state index contributed by atoms with van der Waals surface area (Å²) in [5.74, 6) is -1.66. The van der Waals surface area contributed by atoms with E-state index in [2.05, 4.69) is 0 Å². The van der Waals surface area contributed by atoms with Crippen molar-refractivity contribution in [3.8, 4) is 11.5 Å². The summed E-state index contributed by atoms with van der Waals surface area (Å²) in [7, 11) is 0. The van der Waals surface area contributed by atoms with Gasteiger partial charge in [-0.15, -0.1) is 0 Å². The number of fused-ring (bicyclic) bond motifs is 1. The van der Waals surface area contributed by atoms with Crippen molar-refractivity contribution in [3.63, 3.8) is 0 Å². The van der Waals surface area contributed by atoms with Crippen LogP contribution in [0.3, 0.4) is 0 Å². The summed E-state index contributed by atoms with van der Waals surface area (Å²) in [6, 6.07) is 13.5. The van der Waals surface area contributed by atoms with Crippen LogP contribution in [0.4, 0.5) is 0 Å². The number of ether oxygens (including phenoxy) is 2. The van der Waals surface area contributed by atoms with E-state index in [1.54, 1.807) is 0 Å². The van der Waals surface area contributed by atoms with Crippen molar-refractivity contribution >= 4 is 28.8 Å². The van der Waals surface area contributed by atoms with Crippen LogP contribution in [0.5, 0.6) is 11.5 Å². The lowest BCUT2D eigenvalue weighted by molar-refractivity contribution is -0.143. The van der Waals surface area contributed by atoms with Gasteiger partial charge >= 0.3 is 17.2 Å². The predicted molar refractivity (Wildman–Crippen MR) is 76.9 cm³/mol. The first-order chi connectivity index (χ1) is 10.6. The summed E-state index contributed by atoms with van der Waals surface area (Å²) < 4.78 is 10.0. The molecule has 0 amide bonds. The Labute approximate surface area is 130 Å². The SMILES string of the molecule is O=C(Cl)C(=O)Oc1ccc2c(c1)C(c1ccccc1)C(=O)O2. The van der Waals surface area contributed by atoms with E-state index in [1.165, 1.54) is 18.2 Å². The zero-order valence-corrected chi connectivity index (χ0v) is 11.9. The third-order valence-corrected chi connectivity index (χ3v) is 3.40. The second kappa shape index (κ2) is 5.61. The van der Waals surface area contributed by atoms with Crippen molar-refractivity contribution in [2.75, 3.05) is 0 Å². The Balaban J connectivity index is 1.98. The van der Waals surface area contributed by atoms with Crippen molar-refractivity contribution in [2.24, 2.45) is 0 Å². The van der Waals surface area contributed by atoms with Gasteiger partial charge in [0.1, 0.15) is 17.4 Å². The van der Waals surface area contributed by atoms with E-state index in [1.807, 2.05) is 30.3 Å². The zero-order valence-electron chi connectivity index (χ0n) is 11.1.